The lowest BCUT2D eigenvalue weighted by Gasteiger charge is -2.48. The van der Waals surface area contributed by atoms with E-state index in [9.17, 15) is 4.79 Å². The fourth-order valence-corrected chi connectivity index (χ4v) is 4.13. The summed E-state index contributed by atoms with van der Waals surface area (Å²) >= 11 is 0. The van der Waals surface area contributed by atoms with E-state index in [1.165, 1.54) is 12.8 Å². The van der Waals surface area contributed by atoms with Gasteiger partial charge in [-0.2, -0.15) is 0 Å². The first-order valence-corrected chi connectivity index (χ1v) is 8.96. The zero-order chi connectivity index (χ0) is 16.5. The molecule has 1 aromatic carbocycles. The van der Waals surface area contributed by atoms with E-state index < -0.39 is 0 Å². The zero-order valence-electron chi connectivity index (χ0n) is 14.2. The maximum atomic E-state index is 13.0. The number of aromatic amines is 1. The molecule has 4 rings (SSSR count). The first-order valence-electron chi connectivity index (χ1n) is 8.96. The lowest BCUT2D eigenvalue weighted by molar-refractivity contribution is -0.0776. The van der Waals surface area contributed by atoms with Crippen LogP contribution in [0.4, 0.5) is 0 Å². The molecule has 0 unspecified atom stereocenters. The normalized spacial score (nSPS) is 25.0. The molecule has 2 saturated heterocycles. The summed E-state index contributed by atoms with van der Waals surface area (Å²) < 4.78 is 5.81. The molecule has 5 nitrogen and oxygen atoms in total. The molecule has 0 saturated carbocycles. The Bertz CT molecular complexity index is 724. The second-order valence-corrected chi connectivity index (χ2v) is 6.87. The van der Waals surface area contributed by atoms with E-state index in [4.69, 9.17) is 4.74 Å². The van der Waals surface area contributed by atoms with Gasteiger partial charge in [-0.15, -0.1) is 0 Å². The predicted octanol–water partition coefficient (Wildman–Crippen LogP) is 2.49. The van der Waals surface area contributed by atoms with Crippen molar-refractivity contribution >= 4 is 16.8 Å². The van der Waals surface area contributed by atoms with Crippen molar-refractivity contribution in [2.24, 2.45) is 0 Å². The number of rotatable bonds is 3. The van der Waals surface area contributed by atoms with Crippen molar-refractivity contribution in [3.05, 3.63) is 36.0 Å². The Balaban J connectivity index is 1.52. The number of amides is 1. The monoisotopic (exact) mass is 327 g/mol. The number of hydrogen-bond acceptors (Lipinski definition) is 3. The number of carbonyl (C=O) groups excluding carboxylic acids is 1. The molecular weight excluding hydrogens is 302 g/mol. The highest BCUT2D eigenvalue weighted by molar-refractivity contribution is 6.05. The van der Waals surface area contributed by atoms with Crippen molar-refractivity contribution in [3.63, 3.8) is 0 Å². The Morgan fingerprint density at radius 1 is 1.29 bits per heavy atom. The van der Waals surface area contributed by atoms with Gasteiger partial charge in [0.2, 0.25) is 0 Å². The smallest absolute Gasteiger partial charge is 0.256 e. The van der Waals surface area contributed by atoms with Gasteiger partial charge in [0, 0.05) is 37.3 Å². The van der Waals surface area contributed by atoms with Gasteiger partial charge in [-0.3, -0.25) is 9.69 Å². The molecule has 1 amide bonds. The second kappa shape index (κ2) is 6.57. The number of nitrogens with one attached hydrogen (secondary N) is 1. The van der Waals surface area contributed by atoms with E-state index in [0.29, 0.717) is 12.1 Å². The van der Waals surface area contributed by atoms with E-state index in [1.807, 2.05) is 35.4 Å². The number of para-hydroxylation sites is 1. The van der Waals surface area contributed by atoms with Gasteiger partial charge in [-0.25, -0.2) is 0 Å². The summed E-state index contributed by atoms with van der Waals surface area (Å²) in [6.07, 6.45) is 4.24. The zero-order valence-corrected chi connectivity index (χ0v) is 14.2. The molecule has 128 valence electrons. The third-order valence-electron chi connectivity index (χ3n) is 5.34. The van der Waals surface area contributed by atoms with Crippen molar-refractivity contribution in [1.29, 1.82) is 0 Å². The third-order valence-corrected chi connectivity index (χ3v) is 5.34. The Hall–Kier alpha value is -1.85. The van der Waals surface area contributed by atoms with Crippen molar-refractivity contribution in [2.45, 2.75) is 31.8 Å². The van der Waals surface area contributed by atoms with Gasteiger partial charge in [-0.05, 0) is 18.6 Å². The topological polar surface area (TPSA) is 48.6 Å². The minimum absolute atomic E-state index is 0.125. The number of piperazine rings is 1. The lowest BCUT2D eigenvalue weighted by Crippen LogP contribution is -2.62. The van der Waals surface area contributed by atoms with Crippen LogP contribution in [0.25, 0.3) is 10.9 Å². The molecule has 0 spiro atoms. The number of carbonyl (C=O) groups is 1. The van der Waals surface area contributed by atoms with Crippen LogP contribution in [0.2, 0.25) is 0 Å². The van der Waals surface area contributed by atoms with Gasteiger partial charge in [0.25, 0.3) is 5.91 Å². The number of morpholine rings is 1. The van der Waals surface area contributed by atoms with Crippen LogP contribution >= 0.6 is 0 Å². The summed E-state index contributed by atoms with van der Waals surface area (Å²) in [4.78, 5) is 20.8. The largest absolute Gasteiger partial charge is 0.378 e. The number of hydrogen-bond donors (Lipinski definition) is 1. The number of H-pyrrole nitrogens is 1. The number of nitrogens with zero attached hydrogens (tertiary/aromatic N) is 2. The molecule has 2 aromatic rings. The summed E-state index contributed by atoms with van der Waals surface area (Å²) in [5.74, 6) is 0.125. The van der Waals surface area contributed by atoms with E-state index in [0.717, 1.165) is 49.3 Å². The molecule has 0 aliphatic carbocycles. The van der Waals surface area contributed by atoms with Crippen molar-refractivity contribution in [3.8, 4) is 0 Å². The highest BCUT2D eigenvalue weighted by atomic mass is 16.5. The summed E-state index contributed by atoms with van der Waals surface area (Å²) in [6, 6.07) is 8.76. The van der Waals surface area contributed by atoms with Crippen LogP contribution in [-0.2, 0) is 4.74 Å². The van der Waals surface area contributed by atoms with Gasteiger partial charge in [0.15, 0.2) is 0 Å². The van der Waals surface area contributed by atoms with Crippen LogP contribution < -0.4 is 0 Å². The summed E-state index contributed by atoms with van der Waals surface area (Å²) in [5, 5.41) is 1.09. The molecule has 5 heteroatoms. The highest BCUT2D eigenvalue weighted by Crippen LogP contribution is 2.24. The Labute approximate surface area is 142 Å². The Morgan fingerprint density at radius 2 is 2.21 bits per heavy atom. The minimum atomic E-state index is 0.125. The molecule has 1 aromatic heterocycles. The molecule has 2 fully saturated rings. The quantitative estimate of drug-likeness (QED) is 0.942. The highest BCUT2D eigenvalue weighted by Gasteiger charge is 2.36. The standard InChI is InChI=1S/C19H25N3O2/c1-2-4-15-12-24-13-16-11-21(9-10-22(15)16)19(23)17-6-3-5-14-7-8-20-18(14)17/h3,5-8,15-16,20H,2,4,9-13H2,1H3/t15-,16+/m0/s1. The number of benzene rings is 1. The van der Waals surface area contributed by atoms with E-state index in [-0.39, 0.29) is 5.91 Å². The molecule has 0 bridgehead atoms. The van der Waals surface area contributed by atoms with Gasteiger partial charge in [-0.1, -0.05) is 25.5 Å². The lowest BCUT2D eigenvalue weighted by atomic mass is 10.0. The van der Waals surface area contributed by atoms with E-state index in [2.05, 4.69) is 16.8 Å². The van der Waals surface area contributed by atoms with Crippen LogP contribution in [0.5, 0.6) is 0 Å². The van der Waals surface area contributed by atoms with Crippen LogP contribution in [0.3, 0.4) is 0 Å². The first-order chi connectivity index (χ1) is 11.8. The molecule has 3 heterocycles. The molecule has 0 radical (unpaired) electrons. The average Bonchev–Trinajstić information content (AvgIpc) is 3.10. The van der Waals surface area contributed by atoms with E-state index in [1.54, 1.807) is 0 Å². The predicted molar refractivity (Wildman–Crippen MR) is 94.2 cm³/mol. The van der Waals surface area contributed by atoms with Crippen molar-refractivity contribution in [2.75, 3.05) is 32.8 Å². The van der Waals surface area contributed by atoms with Gasteiger partial charge >= 0.3 is 0 Å². The summed E-state index contributed by atoms with van der Waals surface area (Å²) in [5.41, 5.74) is 1.71. The van der Waals surface area contributed by atoms with Gasteiger partial charge in [0.1, 0.15) is 0 Å². The number of fused-ring (bicyclic) bond motifs is 2. The minimum Gasteiger partial charge on any atom is -0.378 e. The van der Waals surface area contributed by atoms with Crippen molar-refractivity contribution < 1.29 is 9.53 Å². The Kier molecular flexibility index (Phi) is 4.29. The summed E-state index contributed by atoms with van der Waals surface area (Å²) in [7, 11) is 0. The van der Waals surface area contributed by atoms with Crippen LogP contribution in [0.15, 0.2) is 30.5 Å². The molecule has 1 N–H and O–H groups in total. The maximum Gasteiger partial charge on any atom is 0.256 e. The SMILES string of the molecule is CCC[C@H]1COC[C@H]2CN(C(=O)c3cccc4cc[nH]c34)CCN12. The first kappa shape index (κ1) is 15.7. The molecule has 2 aliphatic heterocycles. The fourth-order valence-electron chi connectivity index (χ4n) is 4.13. The van der Waals surface area contributed by atoms with Crippen LogP contribution in [0.1, 0.15) is 30.1 Å². The molecule has 2 atom stereocenters. The van der Waals surface area contributed by atoms with Crippen LogP contribution in [0, 0.1) is 0 Å². The molecule has 2 aliphatic rings. The van der Waals surface area contributed by atoms with Crippen molar-refractivity contribution in [1.82, 2.24) is 14.8 Å². The van der Waals surface area contributed by atoms with Gasteiger partial charge in [0.05, 0.1) is 30.3 Å². The summed E-state index contributed by atoms with van der Waals surface area (Å²) in [6.45, 7) is 6.30. The molecular formula is C19H25N3O2. The third kappa shape index (κ3) is 2.72. The second-order valence-electron chi connectivity index (χ2n) is 6.87. The van der Waals surface area contributed by atoms with E-state index >= 15 is 0 Å². The fraction of sp³-hybridized carbons (Fsp3) is 0.526. The maximum absolute atomic E-state index is 13.0. The van der Waals surface area contributed by atoms with Gasteiger partial charge < -0.3 is 14.6 Å². The number of aromatic nitrogens is 1. The molecule has 24 heavy (non-hydrogen) atoms. The average molecular weight is 327 g/mol. The number of ether oxygens (including phenoxy) is 1. The van der Waals surface area contributed by atoms with Crippen LogP contribution in [-0.4, -0.2) is 65.6 Å². The Morgan fingerprint density at radius 3 is 3.08 bits per heavy atom.